The van der Waals surface area contributed by atoms with E-state index in [1.165, 1.54) is 6.21 Å². The number of nitrogens with one attached hydrogen (secondary N) is 1. The molecule has 164 valence electrons. The molecule has 0 saturated heterocycles. The van der Waals surface area contributed by atoms with E-state index in [-0.39, 0.29) is 5.91 Å². The maximum absolute atomic E-state index is 12.6. The maximum atomic E-state index is 12.6. The number of amides is 1. The first-order chi connectivity index (χ1) is 15.5. The van der Waals surface area contributed by atoms with E-state index in [1.54, 1.807) is 54.6 Å². The third-order valence-electron chi connectivity index (χ3n) is 4.23. The summed E-state index contributed by atoms with van der Waals surface area (Å²) in [7, 11) is 0. The Labute approximate surface area is 208 Å². The molecule has 1 N–H and O–H groups in total. The molecule has 0 aliphatic rings. The number of ether oxygens (including phenoxy) is 2. The van der Waals surface area contributed by atoms with Gasteiger partial charge in [-0.25, -0.2) is 10.2 Å². The number of benzene rings is 3. The predicted molar refractivity (Wildman–Crippen MR) is 136 cm³/mol. The van der Waals surface area contributed by atoms with E-state index in [1.807, 2.05) is 19.1 Å². The van der Waals surface area contributed by atoms with E-state index in [4.69, 9.17) is 9.47 Å². The van der Waals surface area contributed by atoms with E-state index in [2.05, 4.69) is 49.0 Å². The lowest BCUT2D eigenvalue weighted by molar-refractivity contribution is 0.0734. The summed E-state index contributed by atoms with van der Waals surface area (Å²) in [6.45, 7) is 2.64. The van der Waals surface area contributed by atoms with Crippen molar-refractivity contribution in [1.82, 2.24) is 5.43 Å². The van der Waals surface area contributed by atoms with Crippen LogP contribution >= 0.6 is 38.5 Å². The number of carbonyl (C=O) groups excluding carboxylic acids is 2. The number of rotatable bonds is 8. The molecule has 8 heteroatoms. The van der Waals surface area contributed by atoms with Crippen LogP contribution in [0.1, 0.15) is 39.6 Å². The van der Waals surface area contributed by atoms with Crippen LogP contribution < -0.4 is 14.9 Å². The number of hydrogen-bond donors (Lipinski definition) is 1. The first-order valence-corrected chi connectivity index (χ1v) is 11.7. The van der Waals surface area contributed by atoms with Gasteiger partial charge in [0, 0.05) is 13.6 Å². The molecule has 6 nitrogen and oxygen atoms in total. The van der Waals surface area contributed by atoms with Crippen LogP contribution in [0, 0.1) is 3.57 Å². The van der Waals surface area contributed by atoms with Crippen LogP contribution in [0.15, 0.2) is 76.3 Å². The second kappa shape index (κ2) is 11.8. The highest BCUT2D eigenvalue weighted by Crippen LogP contribution is 2.23. The molecule has 0 aliphatic heterocycles. The molecule has 0 saturated carbocycles. The van der Waals surface area contributed by atoms with Crippen LogP contribution in [0.5, 0.6) is 11.5 Å². The number of hydrazone groups is 1. The molecular formula is C24H20BrIN2O4. The number of nitrogens with zero attached hydrogens (tertiary/aromatic N) is 1. The molecule has 0 aromatic heterocycles. The van der Waals surface area contributed by atoms with Gasteiger partial charge in [-0.2, -0.15) is 5.10 Å². The Kier molecular flexibility index (Phi) is 8.81. The Morgan fingerprint density at radius 3 is 2.56 bits per heavy atom. The Balaban J connectivity index is 1.70. The quantitative estimate of drug-likeness (QED) is 0.115. The fraction of sp³-hybridized carbons (Fsp3) is 0.125. The average molecular weight is 607 g/mol. The summed E-state index contributed by atoms with van der Waals surface area (Å²) in [6.07, 6.45) is 2.34. The smallest absolute Gasteiger partial charge is 0.343 e. The fourth-order valence-corrected chi connectivity index (χ4v) is 3.66. The predicted octanol–water partition coefficient (Wildman–Crippen LogP) is 5.83. The van der Waals surface area contributed by atoms with E-state index in [0.29, 0.717) is 34.8 Å². The SMILES string of the molecule is CCCOc1ccc(C(=O)Oc2ccc(Br)cc2C=NNC(=O)c2ccccc2I)cc1. The number of esters is 1. The lowest BCUT2D eigenvalue weighted by Gasteiger charge is -2.09. The van der Waals surface area contributed by atoms with Crippen LogP contribution in [0.3, 0.4) is 0 Å². The minimum Gasteiger partial charge on any atom is -0.494 e. The van der Waals surface area contributed by atoms with Crippen molar-refractivity contribution in [2.45, 2.75) is 13.3 Å². The summed E-state index contributed by atoms with van der Waals surface area (Å²) < 4.78 is 12.7. The minimum absolute atomic E-state index is 0.316. The Hall–Kier alpha value is -2.72. The van der Waals surface area contributed by atoms with Crippen molar-refractivity contribution >= 4 is 56.6 Å². The van der Waals surface area contributed by atoms with Gasteiger partial charge < -0.3 is 9.47 Å². The van der Waals surface area contributed by atoms with Crippen LogP contribution in [0.4, 0.5) is 0 Å². The summed E-state index contributed by atoms with van der Waals surface area (Å²) in [4.78, 5) is 24.9. The molecule has 32 heavy (non-hydrogen) atoms. The van der Waals surface area contributed by atoms with E-state index < -0.39 is 5.97 Å². The van der Waals surface area contributed by atoms with Gasteiger partial charge in [-0.15, -0.1) is 0 Å². The third-order valence-corrected chi connectivity index (χ3v) is 5.66. The Morgan fingerprint density at radius 2 is 1.84 bits per heavy atom. The van der Waals surface area contributed by atoms with Gasteiger partial charge in [-0.05, 0) is 83.6 Å². The monoisotopic (exact) mass is 606 g/mol. The van der Waals surface area contributed by atoms with Crippen molar-refractivity contribution in [2.75, 3.05) is 6.61 Å². The standard InChI is InChI=1S/C24H20BrIN2O4/c1-2-13-31-19-10-7-16(8-11-19)24(30)32-22-12-9-18(25)14-17(22)15-27-28-23(29)20-5-3-4-6-21(20)26/h3-12,14-15H,2,13H2,1H3,(H,28,29). The molecule has 1 amide bonds. The zero-order valence-electron chi connectivity index (χ0n) is 17.2. The molecule has 0 spiro atoms. The van der Waals surface area contributed by atoms with Gasteiger partial charge in [0.15, 0.2) is 0 Å². The zero-order valence-corrected chi connectivity index (χ0v) is 20.9. The molecule has 0 heterocycles. The number of carbonyl (C=O) groups is 2. The van der Waals surface area contributed by atoms with Crippen molar-refractivity contribution < 1.29 is 19.1 Å². The highest BCUT2D eigenvalue weighted by Gasteiger charge is 2.12. The molecule has 3 aromatic carbocycles. The minimum atomic E-state index is -0.508. The van der Waals surface area contributed by atoms with Crippen LogP contribution in [0.2, 0.25) is 0 Å². The topological polar surface area (TPSA) is 77.0 Å². The largest absolute Gasteiger partial charge is 0.494 e. The van der Waals surface area contributed by atoms with Gasteiger partial charge in [-0.1, -0.05) is 35.0 Å². The lowest BCUT2D eigenvalue weighted by atomic mass is 10.2. The van der Waals surface area contributed by atoms with Gasteiger partial charge in [0.2, 0.25) is 0 Å². The van der Waals surface area contributed by atoms with Crippen molar-refractivity contribution in [3.8, 4) is 11.5 Å². The van der Waals surface area contributed by atoms with Crippen LogP contribution in [-0.2, 0) is 0 Å². The lowest BCUT2D eigenvalue weighted by Crippen LogP contribution is -2.18. The highest BCUT2D eigenvalue weighted by molar-refractivity contribution is 14.1. The third kappa shape index (κ3) is 6.64. The summed E-state index contributed by atoms with van der Waals surface area (Å²) in [6, 6.07) is 19.1. The highest BCUT2D eigenvalue weighted by atomic mass is 127. The van der Waals surface area contributed by atoms with E-state index in [0.717, 1.165) is 14.5 Å². The molecule has 0 bridgehead atoms. The van der Waals surface area contributed by atoms with Gasteiger partial charge in [0.05, 0.1) is 23.9 Å². The average Bonchev–Trinajstić information content (AvgIpc) is 2.80. The Morgan fingerprint density at radius 1 is 1.09 bits per heavy atom. The van der Waals surface area contributed by atoms with Crippen molar-refractivity contribution in [1.29, 1.82) is 0 Å². The van der Waals surface area contributed by atoms with Crippen LogP contribution in [-0.4, -0.2) is 24.7 Å². The molecule has 3 aromatic rings. The molecule has 0 radical (unpaired) electrons. The van der Waals surface area contributed by atoms with Crippen LogP contribution in [0.25, 0.3) is 0 Å². The van der Waals surface area contributed by atoms with Crippen molar-refractivity contribution in [3.63, 3.8) is 0 Å². The second-order valence-electron chi connectivity index (χ2n) is 6.62. The molecule has 0 unspecified atom stereocenters. The first kappa shape index (κ1) is 23.9. The second-order valence-corrected chi connectivity index (χ2v) is 8.70. The van der Waals surface area contributed by atoms with Gasteiger partial charge >= 0.3 is 5.97 Å². The number of halogens is 2. The summed E-state index contributed by atoms with van der Waals surface area (Å²) in [5, 5.41) is 4.02. The zero-order chi connectivity index (χ0) is 22.9. The molecule has 0 aliphatic carbocycles. The van der Waals surface area contributed by atoms with Crippen molar-refractivity contribution in [3.05, 3.63) is 91.5 Å². The van der Waals surface area contributed by atoms with Gasteiger partial charge in [0.25, 0.3) is 5.91 Å². The molecule has 3 rings (SSSR count). The molecule has 0 fully saturated rings. The summed E-state index contributed by atoms with van der Waals surface area (Å²) in [5.41, 5.74) is 3.95. The number of hydrogen-bond acceptors (Lipinski definition) is 5. The normalized spacial score (nSPS) is 10.7. The van der Waals surface area contributed by atoms with E-state index in [9.17, 15) is 9.59 Å². The van der Waals surface area contributed by atoms with E-state index >= 15 is 0 Å². The molecule has 0 atom stereocenters. The Bertz CT molecular complexity index is 1130. The van der Waals surface area contributed by atoms with Crippen molar-refractivity contribution in [2.24, 2.45) is 5.10 Å². The first-order valence-electron chi connectivity index (χ1n) is 9.80. The van der Waals surface area contributed by atoms with Gasteiger partial charge in [0.1, 0.15) is 11.5 Å². The molecular weight excluding hydrogens is 587 g/mol. The maximum Gasteiger partial charge on any atom is 0.343 e. The fourth-order valence-electron chi connectivity index (χ4n) is 2.65. The summed E-state index contributed by atoms with van der Waals surface area (Å²) in [5.74, 6) is 0.178. The summed E-state index contributed by atoms with van der Waals surface area (Å²) >= 11 is 5.49. The van der Waals surface area contributed by atoms with Gasteiger partial charge in [-0.3, -0.25) is 4.79 Å².